The highest BCUT2D eigenvalue weighted by Crippen LogP contribution is 2.43. The molecule has 9 heteroatoms. The number of rotatable bonds is 22. The van der Waals surface area contributed by atoms with Crippen LogP contribution in [0.25, 0.3) is 0 Å². The van der Waals surface area contributed by atoms with E-state index in [-0.39, 0.29) is 19.6 Å². The number of aliphatic carboxylic acids is 1. The summed E-state index contributed by atoms with van der Waals surface area (Å²) in [7, 11) is -4.27. The van der Waals surface area contributed by atoms with Crippen LogP contribution in [0.3, 0.4) is 0 Å². The summed E-state index contributed by atoms with van der Waals surface area (Å²) in [6.07, 6.45) is 13.8. The van der Waals surface area contributed by atoms with Crippen LogP contribution in [0.15, 0.2) is 0 Å². The largest absolute Gasteiger partial charge is 0.481 e. The minimum atomic E-state index is -4.27. The first-order chi connectivity index (χ1) is 14.3. The number of aliphatic hydroxyl groups is 1. The molecule has 0 aliphatic rings. The van der Waals surface area contributed by atoms with E-state index < -0.39 is 32.4 Å². The molecule has 0 aromatic rings. The summed E-state index contributed by atoms with van der Waals surface area (Å²) in [6, 6.07) is 0. The maximum absolute atomic E-state index is 11.5. The predicted octanol–water partition coefficient (Wildman–Crippen LogP) is 4.62. The molecule has 30 heavy (non-hydrogen) atoms. The van der Waals surface area contributed by atoms with Gasteiger partial charge in [0.05, 0.1) is 25.2 Å². The fraction of sp³-hybridized carbons (Fsp3) is 0.952. The Balaban J connectivity index is 3.82. The quantitative estimate of drug-likeness (QED) is 0.137. The second-order valence-corrected chi connectivity index (χ2v) is 9.44. The Morgan fingerprint density at radius 3 is 1.90 bits per heavy atom. The highest BCUT2D eigenvalue weighted by molar-refractivity contribution is 7.47. The first-order valence-corrected chi connectivity index (χ1v) is 13.0. The molecule has 0 bridgehead atoms. The Bertz CT molecular complexity index is 465. The number of hydrogen-bond donors (Lipinski definition) is 4. The molecule has 0 saturated carbocycles. The molecule has 5 N–H and O–H groups in total. The van der Waals surface area contributed by atoms with Gasteiger partial charge < -0.3 is 20.8 Å². The van der Waals surface area contributed by atoms with Crippen molar-refractivity contribution in [3.05, 3.63) is 0 Å². The number of hydrogen-bond acceptors (Lipinski definition) is 6. The monoisotopic (exact) mass is 453 g/mol. The number of aliphatic hydroxyl groups excluding tert-OH is 1. The van der Waals surface area contributed by atoms with Gasteiger partial charge in [-0.3, -0.25) is 13.8 Å². The van der Waals surface area contributed by atoms with Gasteiger partial charge in [-0.1, -0.05) is 84.0 Å². The van der Waals surface area contributed by atoms with Crippen molar-refractivity contribution >= 4 is 13.8 Å². The zero-order valence-electron chi connectivity index (χ0n) is 18.7. The summed E-state index contributed by atoms with van der Waals surface area (Å²) < 4.78 is 20.8. The Hall–Kier alpha value is -0.500. The molecule has 0 saturated heterocycles. The standard InChI is InChI=1S/C21H44NO7P/c1-2-3-4-5-6-7-8-9-10-11-12-13-14-19(21(24)25)17-20(23)18-29-30(26,27)28-16-15-22/h19-20,23H,2-18,22H2,1H3,(H,24,25)(H,26,27). The number of carbonyl (C=O) groups is 1. The summed E-state index contributed by atoms with van der Waals surface area (Å²) in [6.45, 7) is 1.70. The van der Waals surface area contributed by atoms with Crippen LogP contribution in [0.4, 0.5) is 0 Å². The van der Waals surface area contributed by atoms with E-state index in [1.54, 1.807) is 0 Å². The van der Waals surface area contributed by atoms with Crippen molar-refractivity contribution in [1.29, 1.82) is 0 Å². The Labute approximate surface area is 182 Å². The van der Waals surface area contributed by atoms with Gasteiger partial charge in [0.2, 0.25) is 0 Å². The van der Waals surface area contributed by atoms with Gasteiger partial charge in [-0.15, -0.1) is 0 Å². The van der Waals surface area contributed by atoms with Crippen molar-refractivity contribution < 1.29 is 33.5 Å². The van der Waals surface area contributed by atoms with Crippen LogP contribution in [-0.2, 0) is 18.4 Å². The topological polar surface area (TPSA) is 139 Å². The van der Waals surface area contributed by atoms with Crippen LogP contribution >= 0.6 is 7.82 Å². The Morgan fingerprint density at radius 2 is 1.43 bits per heavy atom. The average Bonchev–Trinajstić information content (AvgIpc) is 2.70. The van der Waals surface area contributed by atoms with Gasteiger partial charge in [0.1, 0.15) is 0 Å². The minimum Gasteiger partial charge on any atom is -0.481 e. The van der Waals surface area contributed by atoms with Gasteiger partial charge in [0.15, 0.2) is 0 Å². The van der Waals surface area contributed by atoms with E-state index in [2.05, 4.69) is 16.0 Å². The number of nitrogens with two attached hydrogens (primary N) is 1. The number of phosphoric ester groups is 1. The third-order valence-electron chi connectivity index (χ3n) is 5.11. The van der Waals surface area contributed by atoms with Crippen molar-refractivity contribution in [2.75, 3.05) is 19.8 Å². The van der Waals surface area contributed by atoms with Crippen LogP contribution in [0.5, 0.6) is 0 Å². The third kappa shape index (κ3) is 18.3. The molecule has 0 fully saturated rings. The van der Waals surface area contributed by atoms with E-state index in [0.29, 0.717) is 6.42 Å². The maximum Gasteiger partial charge on any atom is 0.472 e. The van der Waals surface area contributed by atoms with E-state index in [0.717, 1.165) is 19.3 Å². The van der Waals surface area contributed by atoms with Crippen molar-refractivity contribution in [1.82, 2.24) is 0 Å². The van der Waals surface area contributed by atoms with E-state index in [4.69, 9.17) is 5.73 Å². The molecule has 0 rings (SSSR count). The first kappa shape index (κ1) is 29.5. The fourth-order valence-corrected chi connectivity index (χ4v) is 4.13. The lowest BCUT2D eigenvalue weighted by Gasteiger charge is -2.18. The summed E-state index contributed by atoms with van der Waals surface area (Å²) in [5.41, 5.74) is 5.18. The molecule has 0 aromatic heterocycles. The fourth-order valence-electron chi connectivity index (χ4n) is 3.36. The molecular formula is C21H44NO7P. The zero-order valence-corrected chi connectivity index (χ0v) is 19.6. The molecule has 8 nitrogen and oxygen atoms in total. The highest BCUT2D eigenvalue weighted by Gasteiger charge is 2.25. The number of carboxylic acids is 1. The SMILES string of the molecule is CCCCCCCCCCCCCCC(CC(O)COP(=O)(O)OCCN)C(=O)O. The van der Waals surface area contributed by atoms with Gasteiger partial charge in [0.25, 0.3) is 0 Å². The normalized spacial score (nSPS) is 15.6. The smallest absolute Gasteiger partial charge is 0.472 e. The van der Waals surface area contributed by atoms with Gasteiger partial charge >= 0.3 is 13.8 Å². The first-order valence-electron chi connectivity index (χ1n) is 11.5. The Kier molecular flexibility index (Phi) is 18.9. The number of phosphoric acid groups is 1. The second kappa shape index (κ2) is 19.2. The van der Waals surface area contributed by atoms with E-state index in [9.17, 15) is 24.5 Å². The lowest BCUT2D eigenvalue weighted by Crippen LogP contribution is -2.24. The van der Waals surface area contributed by atoms with Gasteiger partial charge in [-0.2, -0.15) is 0 Å². The van der Waals surface area contributed by atoms with Crippen LogP contribution < -0.4 is 5.73 Å². The van der Waals surface area contributed by atoms with Gasteiger partial charge in [0, 0.05) is 6.54 Å². The molecule has 0 aliphatic heterocycles. The van der Waals surface area contributed by atoms with Gasteiger partial charge in [-0.05, 0) is 12.8 Å². The third-order valence-corrected chi connectivity index (χ3v) is 6.10. The zero-order chi connectivity index (χ0) is 22.7. The van der Waals surface area contributed by atoms with Crippen LogP contribution in [0.1, 0.15) is 96.8 Å². The van der Waals surface area contributed by atoms with E-state index in [1.165, 1.54) is 57.8 Å². The summed E-state index contributed by atoms with van der Waals surface area (Å²) in [5, 5.41) is 19.3. The van der Waals surface area contributed by atoms with Crippen LogP contribution in [0.2, 0.25) is 0 Å². The van der Waals surface area contributed by atoms with Crippen molar-refractivity contribution in [3.8, 4) is 0 Å². The second-order valence-electron chi connectivity index (χ2n) is 7.99. The lowest BCUT2D eigenvalue weighted by atomic mass is 9.94. The lowest BCUT2D eigenvalue weighted by molar-refractivity contribution is -0.143. The van der Waals surface area contributed by atoms with Crippen LogP contribution in [0, 0.1) is 5.92 Å². The maximum atomic E-state index is 11.5. The van der Waals surface area contributed by atoms with E-state index >= 15 is 0 Å². The molecule has 0 aromatic carbocycles. The van der Waals surface area contributed by atoms with Crippen LogP contribution in [-0.4, -0.2) is 46.9 Å². The van der Waals surface area contributed by atoms with E-state index in [1.807, 2.05) is 0 Å². The summed E-state index contributed by atoms with van der Waals surface area (Å²) in [4.78, 5) is 20.8. The van der Waals surface area contributed by atoms with Crippen molar-refractivity contribution in [2.45, 2.75) is 103 Å². The number of unbranched alkanes of at least 4 members (excludes halogenated alkanes) is 11. The average molecular weight is 454 g/mol. The summed E-state index contributed by atoms with van der Waals surface area (Å²) in [5.74, 6) is -1.67. The molecule has 0 amide bonds. The molecule has 0 heterocycles. The highest BCUT2D eigenvalue weighted by atomic mass is 31.2. The Morgan fingerprint density at radius 1 is 0.933 bits per heavy atom. The molecule has 3 unspecified atom stereocenters. The number of carboxylic acid groups (broad SMARTS) is 1. The van der Waals surface area contributed by atoms with Gasteiger partial charge in [-0.25, -0.2) is 4.57 Å². The minimum absolute atomic E-state index is 0.0236. The molecule has 0 aliphatic carbocycles. The molecule has 0 spiro atoms. The molecule has 180 valence electrons. The van der Waals surface area contributed by atoms with Crippen molar-refractivity contribution in [3.63, 3.8) is 0 Å². The predicted molar refractivity (Wildman–Crippen MR) is 118 cm³/mol. The molecular weight excluding hydrogens is 409 g/mol. The van der Waals surface area contributed by atoms with Crippen molar-refractivity contribution in [2.24, 2.45) is 11.7 Å². The summed E-state index contributed by atoms with van der Waals surface area (Å²) >= 11 is 0. The molecule has 0 radical (unpaired) electrons. The molecule has 3 atom stereocenters.